The SMILES string of the molecule is CNC1CCCc2ccc(OC3CCCC3O)cc21. The van der Waals surface area contributed by atoms with Crippen LogP contribution in [0.2, 0.25) is 0 Å². The Morgan fingerprint density at radius 3 is 2.84 bits per heavy atom. The number of ether oxygens (including phenoxy) is 1. The molecule has 1 aromatic carbocycles. The normalized spacial score (nSPS) is 30.1. The summed E-state index contributed by atoms with van der Waals surface area (Å²) in [4.78, 5) is 0. The topological polar surface area (TPSA) is 41.5 Å². The summed E-state index contributed by atoms with van der Waals surface area (Å²) in [5, 5.41) is 13.2. The van der Waals surface area contributed by atoms with Crippen LogP contribution in [0.3, 0.4) is 0 Å². The molecule has 0 spiro atoms. The molecule has 3 atom stereocenters. The van der Waals surface area contributed by atoms with E-state index in [4.69, 9.17) is 4.74 Å². The zero-order valence-electron chi connectivity index (χ0n) is 11.6. The summed E-state index contributed by atoms with van der Waals surface area (Å²) in [7, 11) is 2.02. The molecule has 0 amide bonds. The quantitative estimate of drug-likeness (QED) is 0.878. The lowest BCUT2D eigenvalue weighted by Gasteiger charge is -2.26. The van der Waals surface area contributed by atoms with Crippen molar-refractivity contribution < 1.29 is 9.84 Å². The van der Waals surface area contributed by atoms with Crippen molar-refractivity contribution in [3.8, 4) is 5.75 Å². The molecule has 0 bridgehead atoms. The van der Waals surface area contributed by atoms with Gasteiger partial charge in [0.25, 0.3) is 0 Å². The van der Waals surface area contributed by atoms with Gasteiger partial charge in [-0.1, -0.05) is 6.07 Å². The van der Waals surface area contributed by atoms with Crippen LogP contribution in [-0.4, -0.2) is 24.4 Å². The second-order valence-electron chi connectivity index (χ2n) is 5.75. The highest BCUT2D eigenvalue weighted by molar-refractivity contribution is 5.39. The second kappa shape index (κ2) is 5.51. The van der Waals surface area contributed by atoms with Gasteiger partial charge in [0.1, 0.15) is 11.9 Å². The van der Waals surface area contributed by atoms with E-state index in [1.165, 1.54) is 30.4 Å². The molecule has 1 saturated carbocycles. The van der Waals surface area contributed by atoms with E-state index in [9.17, 15) is 5.11 Å². The molecule has 0 aliphatic heterocycles. The number of fused-ring (bicyclic) bond motifs is 1. The first-order valence-electron chi connectivity index (χ1n) is 7.43. The number of benzene rings is 1. The number of rotatable bonds is 3. The Labute approximate surface area is 115 Å². The van der Waals surface area contributed by atoms with E-state index in [0.717, 1.165) is 25.0 Å². The van der Waals surface area contributed by atoms with Crippen LogP contribution in [0.25, 0.3) is 0 Å². The third kappa shape index (κ3) is 2.63. The first kappa shape index (κ1) is 12.9. The van der Waals surface area contributed by atoms with Crippen molar-refractivity contribution in [1.82, 2.24) is 5.32 Å². The first-order chi connectivity index (χ1) is 9.28. The van der Waals surface area contributed by atoms with Crippen LogP contribution in [0.15, 0.2) is 18.2 Å². The van der Waals surface area contributed by atoms with Crippen LogP contribution >= 0.6 is 0 Å². The Kier molecular flexibility index (Phi) is 3.76. The fourth-order valence-electron chi connectivity index (χ4n) is 3.37. The van der Waals surface area contributed by atoms with Gasteiger partial charge < -0.3 is 15.2 Å². The molecule has 2 aliphatic carbocycles. The van der Waals surface area contributed by atoms with E-state index in [-0.39, 0.29) is 12.2 Å². The van der Waals surface area contributed by atoms with Crippen LogP contribution in [0.1, 0.15) is 49.3 Å². The Bertz CT molecular complexity index is 446. The molecule has 0 saturated heterocycles. The summed E-state index contributed by atoms with van der Waals surface area (Å²) in [6, 6.07) is 6.86. The standard InChI is InChI=1S/C16H23NO2/c1-17-14-5-2-4-11-8-9-12(10-13(11)14)19-16-7-3-6-15(16)18/h8-10,14-18H,2-7H2,1H3. The van der Waals surface area contributed by atoms with Crippen molar-refractivity contribution in [1.29, 1.82) is 0 Å². The lowest BCUT2D eigenvalue weighted by molar-refractivity contribution is 0.0603. The maximum absolute atomic E-state index is 9.85. The number of aliphatic hydroxyl groups is 1. The fourth-order valence-corrected chi connectivity index (χ4v) is 3.37. The smallest absolute Gasteiger partial charge is 0.124 e. The molecule has 104 valence electrons. The van der Waals surface area contributed by atoms with Gasteiger partial charge in [0.05, 0.1) is 6.10 Å². The van der Waals surface area contributed by atoms with Crippen molar-refractivity contribution in [3.63, 3.8) is 0 Å². The van der Waals surface area contributed by atoms with Gasteiger partial charge in [-0.25, -0.2) is 0 Å². The molecule has 19 heavy (non-hydrogen) atoms. The van der Waals surface area contributed by atoms with Crippen molar-refractivity contribution >= 4 is 0 Å². The molecule has 3 nitrogen and oxygen atoms in total. The van der Waals surface area contributed by atoms with Gasteiger partial charge in [-0.2, -0.15) is 0 Å². The summed E-state index contributed by atoms with van der Waals surface area (Å²) >= 11 is 0. The number of hydrogen-bond donors (Lipinski definition) is 2. The van der Waals surface area contributed by atoms with Gasteiger partial charge in [-0.05, 0) is 68.8 Å². The second-order valence-corrected chi connectivity index (χ2v) is 5.75. The minimum Gasteiger partial charge on any atom is -0.488 e. The Balaban J connectivity index is 1.79. The van der Waals surface area contributed by atoms with Crippen LogP contribution < -0.4 is 10.1 Å². The van der Waals surface area contributed by atoms with E-state index in [1.807, 2.05) is 7.05 Å². The average Bonchev–Trinajstić information content (AvgIpc) is 2.83. The molecule has 2 N–H and O–H groups in total. The van der Waals surface area contributed by atoms with Crippen LogP contribution in [0, 0.1) is 0 Å². The largest absolute Gasteiger partial charge is 0.488 e. The zero-order valence-corrected chi connectivity index (χ0v) is 11.6. The van der Waals surface area contributed by atoms with Gasteiger partial charge in [-0.3, -0.25) is 0 Å². The molecule has 0 heterocycles. The minimum absolute atomic E-state index is 0.0188. The highest BCUT2D eigenvalue weighted by Crippen LogP contribution is 2.33. The Morgan fingerprint density at radius 1 is 1.21 bits per heavy atom. The number of hydrogen-bond acceptors (Lipinski definition) is 3. The van der Waals surface area contributed by atoms with E-state index >= 15 is 0 Å². The monoisotopic (exact) mass is 261 g/mol. The Morgan fingerprint density at radius 2 is 2.11 bits per heavy atom. The average molecular weight is 261 g/mol. The molecule has 0 aromatic heterocycles. The summed E-state index contributed by atoms with van der Waals surface area (Å²) in [5.74, 6) is 0.909. The highest BCUT2D eigenvalue weighted by Gasteiger charge is 2.27. The summed E-state index contributed by atoms with van der Waals surface area (Å²) in [5.41, 5.74) is 2.81. The number of aryl methyl sites for hydroxylation is 1. The van der Waals surface area contributed by atoms with Crippen LogP contribution in [0.5, 0.6) is 5.75 Å². The van der Waals surface area contributed by atoms with Gasteiger partial charge in [0, 0.05) is 6.04 Å². The van der Waals surface area contributed by atoms with Gasteiger partial charge in [0.2, 0.25) is 0 Å². The maximum atomic E-state index is 9.85. The molecule has 1 fully saturated rings. The minimum atomic E-state index is -0.295. The lowest BCUT2D eigenvalue weighted by Crippen LogP contribution is -2.26. The lowest BCUT2D eigenvalue weighted by atomic mass is 9.87. The maximum Gasteiger partial charge on any atom is 0.124 e. The van der Waals surface area contributed by atoms with Crippen molar-refractivity contribution in [3.05, 3.63) is 29.3 Å². The Hall–Kier alpha value is -1.06. The molecule has 3 unspecified atom stereocenters. The fraction of sp³-hybridized carbons (Fsp3) is 0.625. The summed E-state index contributed by atoms with van der Waals surface area (Å²) < 4.78 is 5.97. The molecule has 3 heteroatoms. The first-order valence-corrected chi connectivity index (χ1v) is 7.43. The highest BCUT2D eigenvalue weighted by atomic mass is 16.5. The summed E-state index contributed by atoms with van der Waals surface area (Å²) in [6.45, 7) is 0. The van der Waals surface area contributed by atoms with E-state index < -0.39 is 0 Å². The van der Waals surface area contributed by atoms with Gasteiger partial charge in [0.15, 0.2) is 0 Å². The molecule has 3 rings (SSSR count). The predicted octanol–water partition coefficient (Wildman–Crippen LogP) is 2.58. The molecular formula is C16H23NO2. The number of aliphatic hydroxyl groups excluding tert-OH is 1. The van der Waals surface area contributed by atoms with E-state index in [0.29, 0.717) is 6.04 Å². The predicted molar refractivity (Wildman–Crippen MR) is 75.5 cm³/mol. The van der Waals surface area contributed by atoms with E-state index in [1.54, 1.807) is 0 Å². The van der Waals surface area contributed by atoms with Crippen molar-refractivity contribution in [2.24, 2.45) is 0 Å². The van der Waals surface area contributed by atoms with E-state index in [2.05, 4.69) is 23.5 Å². The zero-order chi connectivity index (χ0) is 13.2. The third-order valence-corrected chi connectivity index (χ3v) is 4.49. The summed E-state index contributed by atoms with van der Waals surface area (Å²) in [6.07, 6.45) is 6.20. The van der Waals surface area contributed by atoms with Gasteiger partial charge in [-0.15, -0.1) is 0 Å². The molecule has 1 aromatic rings. The van der Waals surface area contributed by atoms with Crippen LogP contribution in [0.4, 0.5) is 0 Å². The van der Waals surface area contributed by atoms with Crippen molar-refractivity contribution in [2.45, 2.75) is 56.8 Å². The molecule has 0 radical (unpaired) electrons. The molecule has 2 aliphatic rings. The third-order valence-electron chi connectivity index (χ3n) is 4.49. The van der Waals surface area contributed by atoms with Gasteiger partial charge >= 0.3 is 0 Å². The van der Waals surface area contributed by atoms with Crippen LogP contribution in [-0.2, 0) is 6.42 Å². The molecular weight excluding hydrogens is 238 g/mol. The number of nitrogens with one attached hydrogen (secondary N) is 1. The van der Waals surface area contributed by atoms with Crippen molar-refractivity contribution in [2.75, 3.05) is 7.05 Å².